The molecule has 0 bridgehead atoms. The molecule has 1 heterocycles. The second-order valence-electron chi connectivity index (χ2n) is 6.72. The molecule has 1 aromatic heterocycles. The molecule has 1 aromatic rings. The Kier molecular flexibility index (Phi) is 7.55. The minimum absolute atomic E-state index is 0.236. The number of nitrogens with zero attached hydrogens (tertiary/aromatic N) is 3. The van der Waals surface area contributed by atoms with Gasteiger partial charge in [-0.05, 0) is 47.1 Å². The summed E-state index contributed by atoms with van der Waals surface area (Å²) in [5.74, 6) is 0. The van der Waals surface area contributed by atoms with E-state index in [4.69, 9.17) is 4.74 Å². The van der Waals surface area contributed by atoms with Crippen molar-refractivity contribution in [2.45, 2.75) is 59.6 Å². The van der Waals surface area contributed by atoms with Crippen molar-refractivity contribution in [2.24, 2.45) is 7.05 Å². The van der Waals surface area contributed by atoms with Gasteiger partial charge in [-0.15, -0.1) is 0 Å². The van der Waals surface area contributed by atoms with Crippen molar-refractivity contribution in [3.63, 3.8) is 0 Å². The van der Waals surface area contributed by atoms with E-state index in [0.717, 1.165) is 31.6 Å². The molecular weight excluding hydrogens is 292 g/mol. The molecule has 1 rings (SSSR count). The zero-order valence-electron chi connectivity index (χ0n) is 15.5. The van der Waals surface area contributed by atoms with Crippen LogP contribution in [-0.2, 0) is 24.8 Å². The van der Waals surface area contributed by atoms with Crippen LogP contribution < -0.4 is 5.32 Å². The highest BCUT2D eigenvalue weighted by Gasteiger charge is 2.20. The van der Waals surface area contributed by atoms with Gasteiger partial charge in [0, 0.05) is 38.4 Å². The number of rotatable bonds is 8. The Morgan fingerprint density at radius 3 is 2.65 bits per heavy atom. The van der Waals surface area contributed by atoms with Gasteiger partial charge in [-0.2, -0.15) is 5.10 Å². The summed E-state index contributed by atoms with van der Waals surface area (Å²) in [6, 6.07) is 0. The molecule has 0 spiro atoms. The van der Waals surface area contributed by atoms with E-state index in [1.54, 1.807) is 4.90 Å². The lowest BCUT2D eigenvalue weighted by Gasteiger charge is -2.26. The van der Waals surface area contributed by atoms with Gasteiger partial charge in [-0.1, -0.05) is 6.92 Å². The van der Waals surface area contributed by atoms with Crippen LogP contribution in [0.15, 0.2) is 6.20 Å². The molecule has 0 aliphatic rings. The lowest BCUT2D eigenvalue weighted by Crippen LogP contribution is -2.38. The van der Waals surface area contributed by atoms with E-state index >= 15 is 0 Å². The highest BCUT2D eigenvalue weighted by Crippen LogP contribution is 2.10. The van der Waals surface area contributed by atoms with Gasteiger partial charge in [0.1, 0.15) is 5.60 Å². The topological polar surface area (TPSA) is 59.4 Å². The third-order valence-electron chi connectivity index (χ3n) is 3.46. The number of hydrogen-bond acceptors (Lipinski definition) is 4. The summed E-state index contributed by atoms with van der Waals surface area (Å²) in [6.07, 6.45) is 3.67. The summed E-state index contributed by atoms with van der Waals surface area (Å²) in [5.41, 5.74) is 1.94. The van der Waals surface area contributed by atoms with Crippen LogP contribution in [0.25, 0.3) is 0 Å². The fraction of sp³-hybridized carbons (Fsp3) is 0.765. The summed E-state index contributed by atoms with van der Waals surface area (Å²) in [7, 11) is 1.95. The van der Waals surface area contributed by atoms with Gasteiger partial charge in [-0.25, -0.2) is 4.79 Å². The van der Waals surface area contributed by atoms with Crippen LogP contribution in [0, 0.1) is 0 Å². The number of aryl methyl sites for hydroxylation is 2. The van der Waals surface area contributed by atoms with Gasteiger partial charge in [0.05, 0.1) is 5.69 Å². The summed E-state index contributed by atoms with van der Waals surface area (Å²) in [6.45, 7) is 12.8. The lowest BCUT2D eigenvalue weighted by molar-refractivity contribution is 0.0258. The average molecular weight is 324 g/mol. The van der Waals surface area contributed by atoms with Crippen LogP contribution in [-0.4, -0.2) is 46.0 Å². The summed E-state index contributed by atoms with van der Waals surface area (Å²) < 4.78 is 7.26. The fourth-order valence-electron chi connectivity index (χ4n) is 2.35. The Morgan fingerprint density at radius 1 is 1.39 bits per heavy atom. The molecule has 6 nitrogen and oxygen atoms in total. The van der Waals surface area contributed by atoms with Gasteiger partial charge in [0.15, 0.2) is 0 Å². The van der Waals surface area contributed by atoms with E-state index in [-0.39, 0.29) is 6.09 Å². The summed E-state index contributed by atoms with van der Waals surface area (Å²) >= 11 is 0. The minimum atomic E-state index is -0.445. The molecule has 0 atom stereocenters. The van der Waals surface area contributed by atoms with Gasteiger partial charge >= 0.3 is 6.09 Å². The van der Waals surface area contributed by atoms with Crippen molar-refractivity contribution < 1.29 is 9.53 Å². The van der Waals surface area contributed by atoms with Crippen LogP contribution in [0.2, 0.25) is 0 Å². The molecule has 0 aromatic carbocycles. The molecule has 0 aliphatic carbocycles. The molecule has 0 aliphatic heterocycles. The van der Waals surface area contributed by atoms with Crippen LogP contribution in [0.4, 0.5) is 4.79 Å². The number of carbonyl (C=O) groups excluding carboxylic acids is 1. The van der Waals surface area contributed by atoms with Crippen molar-refractivity contribution in [1.82, 2.24) is 20.0 Å². The second-order valence-corrected chi connectivity index (χ2v) is 6.72. The predicted molar refractivity (Wildman–Crippen MR) is 92.4 cm³/mol. The van der Waals surface area contributed by atoms with Crippen LogP contribution >= 0.6 is 0 Å². The second kappa shape index (κ2) is 8.91. The number of aromatic nitrogens is 2. The third kappa shape index (κ3) is 7.03. The predicted octanol–water partition coefficient (Wildman–Crippen LogP) is 2.72. The van der Waals surface area contributed by atoms with E-state index < -0.39 is 5.60 Å². The highest BCUT2D eigenvalue weighted by atomic mass is 16.6. The molecule has 0 unspecified atom stereocenters. The van der Waals surface area contributed by atoms with E-state index in [9.17, 15) is 4.79 Å². The first-order valence-electron chi connectivity index (χ1n) is 8.46. The maximum atomic E-state index is 12.0. The zero-order chi connectivity index (χ0) is 17.5. The molecule has 1 N–H and O–H groups in total. The maximum Gasteiger partial charge on any atom is 0.410 e. The molecule has 132 valence electrons. The number of carbonyl (C=O) groups is 1. The van der Waals surface area contributed by atoms with E-state index in [0.29, 0.717) is 13.1 Å². The first-order valence-corrected chi connectivity index (χ1v) is 8.46. The summed E-state index contributed by atoms with van der Waals surface area (Å²) in [5, 5.41) is 7.86. The van der Waals surface area contributed by atoms with Crippen LogP contribution in [0.5, 0.6) is 0 Å². The Balaban J connectivity index is 2.31. The van der Waals surface area contributed by atoms with Crippen molar-refractivity contribution in [3.8, 4) is 0 Å². The average Bonchev–Trinajstić information content (AvgIpc) is 2.81. The normalized spacial score (nSPS) is 11.6. The van der Waals surface area contributed by atoms with Crippen LogP contribution in [0.1, 0.15) is 52.3 Å². The molecule has 0 radical (unpaired) electrons. The Labute approximate surface area is 140 Å². The van der Waals surface area contributed by atoms with Crippen molar-refractivity contribution in [2.75, 3.05) is 19.6 Å². The molecule has 0 saturated carbocycles. The highest BCUT2D eigenvalue weighted by molar-refractivity contribution is 5.68. The van der Waals surface area contributed by atoms with Gasteiger partial charge in [0.2, 0.25) is 0 Å². The first kappa shape index (κ1) is 19.5. The SMILES string of the molecule is CCc1nn(C)cc1CNCCCN(CC)C(=O)OC(C)(C)C. The monoisotopic (exact) mass is 324 g/mol. The van der Waals surface area contributed by atoms with E-state index in [1.807, 2.05) is 39.4 Å². The largest absolute Gasteiger partial charge is 0.444 e. The smallest absolute Gasteiger partial charge is 0.410 e. The number of hydrogen-bond donors (Lipinski definition) is 1. The van der Waals surface area contributed by atoms with Crippen molar-refractivity contribution in [1.29, 1.82) is 0 Å². The van der Waals surface area contributed by atoms with Crippen molar-refractivity contribution in [3.05, 3.63) is 17.5 Å². The first-order chi connectivity index (χ1) is 10.8. The quantitative estimate of drug-likeness (QED) is 0.747. The standard InChI is InChI=1S/C17H32N4O2/c1-7-15-14(13-20(6)19-15)12-18-10-9-11-21(8-2)16(22)23-17(3,4)5/h13,18H,7-12H2,1-6H3. The number of amides is 1. The van der Waals surface area contributed by atoms with Crippen molar-refractivity contribution >= 4 is 6.09 Å². The maximum absolute atomic E-state index is 12.0. The van der Waals surface area contributed by atoms with Gasteiger partial charge in [0.25, 0.3) is 0 Å². The van der Waals surface area contributed by atoms with E-state index in [1.165, 1.54) is 5.56 Å². The molecule has 6 heteroatoms. The van der Waals surface area contributed by atoms with Gasteiger partial charge in [-0.3, -0.25) is 4.68 Å². The van der Waals surface area contributed by atoms with Gasteiger partial charge < -0.3 is 15.0 Å². The van der Waals surface area contributed by atoms with E-state index in [2.05, 4.69) is 23.5 Å². The Hall–Kier alpha value is -1.56. The third-order valence-corrected chi connectivity index (χ3v) is 3.46. The molecule has 0 saturated heterocycles. The zero-order valence-corrected chi connectivity index (χ0v) is 15.5. The minimum Gasteiger partial charge on any atom is -0.444 e. The fourth-order valence-corrected chi connectivity index (χ4v) is 2.35. The van der Waals surface area contributed by atoms with Crippen LogP contribution in [0.3, 0.4) is 0 Å². The molecule has 23 heavy (non-hydrogen) atoms. The molecule has 1 amide bonds. The molecular formula is C17H32N4O2. The number of nitrogens with one attached hydrogen (secondary N) is 1. The number of ether oxygens (including phenoxy) is 1. The summed E-state index contributed by atoms with van der Waals surface area (Å²) in [4.78, 5) is 13.8. The Bertz CT molecular complexity index is 491. The molecule has 0 fully saturated rings. The Morgan fingerprint density at radius 2 is 2.09 bits per heavy atom. The lowest BCUT2D eigenvalue weighted by atomic mass is 10.2.